The Morgan fingerprint density at radius 3 is 2.52 bits per heavy atom. The van der Waals surface area contributed by atoms with E-state index in [-0.39, 0.29) is 12.2 Å². The van der Waals surface area contributed by atoms with Crippen LogP contribution in [0.15, 0.2) is 75.1 Å². The molecular weight excluding hydrogens is 424 g/mol. The maximum atomic E-state index is 12.3. The molecule has 1 aliphatic heterocycles. The summed E-state index contributed by atoms with van der Waals surface area (Å²) in [5, 5.41) is 12.1. The number of thioether (sulfide) groups is 1. The number of carbonyl (C=O) groups excluding carboxylic acids is 1. The van der Waals surface area contributed by atoms with E-state index in [0.717, 1.165) is 21.3 Å². The zero-order chi connectivity index (χ0) is 19.2. The molecule has 6 heteroatoms. The molecule has 136 valence electrons. The minimum absolute atomic E-state index is 0.0288. The molecule has 0 aliphatic carbocycles. The standard InChI is InChI=1S/C21H17BrN2O2S/c1-2-26-21(25)18(12-23)20-24(13-15-6-4-3-5-7-15)19(14-27-20)16-8-10-17(22)11-9-16/h3-11,14H,2,13H2,1H3/b20-18-. The van der Waals surface area contributed by atoms with Gasteiger partial charge in [-0.2, -0.15) is 5.26 Å². The summed E-state index contributed by atoms with van der Waals surface area (Å²) < 4.78 is 6.07. The summed E-state index contributed by atoms with van der Waals surface area (Å²) in [6.45, 7) is 2.51. The van der Waals surface area contributed by atoms with Crippen molar-refractivity contribution in [2.45, 2.75) is 13.5 Å². The van der Waals surface area contributed by atoms with E-state index < -0.39 is 5.97 Å². The van der Waals surface area contributed by atoms with Gasteiger partial charge in [-0.3, -0.25) is 0 Å². The fraction of sp³-hybridized carbons (Fsp3) is 0.143. The van der Waals surface area contributed by atoms with Gasteiger partial charge in [0.25, 0.3) is 0 Å². The molecule has 3 rings (SSSR count). The molecule has 0 spiro atoms. The molecule has 0 saturated carbocycles. The summed E-state index contributed by atoms with van der Waals surface area (Å²) in [6, 6.07) is 19.9. The Hall–Kier alpha value is -2.49. The molecule has 2 aromatic carbocycles. The number of esters is 1. The summed E-state index contributed by atoms with van der Waals surface area (Å²) in [4.78, 5) is 14.3. The molecule has 0 fully saturated rings. The van der Waals surface area contributed by atoms with Gasteiger partial charge in [0.1, 0.15) is 11.1 Å². The lowest BCUT2D eigenvalue weighted by molar-refractivity contribution is -0.138. The molecular formula is C21H17BrN2O2S. The fourth-order valence-electron chi connectivity index (χ4n) is 2.69. The minimum atomic E-state index is -0.592. The normalized spacial score (nSPS) is 15.1. The fourth-order valence-corrected chi connectivity index (χ4v) is 3.98. The number of nitriles is 1. The molecule has 0 unspecified atom stereocenters. The lowest BCUT2D eigenvalue weighted by atomic mass is 10.1. The molecule has 1 heterocycles. The first-order chi connectivity index (χ1) is 13.1. The van der Waals surface area contributed by atoms with Gasteiger partial charge in [-0.25, -0.2) is 4.79 Å². The van der Waals surface area contributed by atoms with E-state index in [9.17, 15) is 10.1 Å². The van der Waals surface area contributed by atoms with E-state index in [2.05, 4.69) is 15.9 Å². The molecule has 0 radical (unpaired) electrons. The van der Waals surface area contributed by atoms with Gasteiger partial charge < -0.3 is 9.64 Å². The highest BCUT2D eigenvalue weighted by Crippen LogP contribution is 2.42. The lowest BCUT2D eigenvalue weighted by Gasteiger charge is -2.24. The van der Waals surface area contributed by atoms with Crippen molar-refractivity contribution in [3.05, 3.63) is 86.2 Å². The van der Waals surface area contributed by atoms with E-state index in [1.54, 1.807) is 6.92 Å². The highest BCUT2D eigenvalue weighted by atomic mass is 79.9. The molecule has 0 bridgehead atoms. The van der Waals surface area contributed by atoms with E-state index in [0.29, 0.717) is 11.6 Å². The van der Waals surface area contributed by atoms with Gasteiger partial charge >= 0.3 is 5.97 Å². The van der Waals surface area contributed by atoms with Crippen LogP contribution in [0.2, 0.25) is 0 Å². The van der Waals surface area contributed by atoms with Crippen LogP contribution in [-0.2, 0) is 16.1 Å². The number of nitrogens with zero attached hydrogens (tertiary/aromatic N) is 2. The monoisotopic (exact) mass is 440 g/mol. The van der Waals surface area contributed by atoms with Crippen molar-refractivity contribution in [2.24, 2.45) is 0 Å². The van der Waals surface area contributed by atoms with Crippen molar-refractivity contribution >= 4 is 39.4 Å². The Kier molecular flexibility index (Phi) is 6.38. The van der Waals surface area contributed by atoms with Crippen molar-refractivity contribution in [1.82, 2.24) is 4.90 Å². The molecule has 0 atom stereocenters. The summed E-state index contributed by atoms with van der Waals surface area (Å²) in [5.74, 6) is -0.592. The van der Waals surface area contributed by atoms with Crippen LogP contribution in [0.3, 0.4) is 0 Å². The van der Waals surface area contributed by atoms with Gasteiger partial charge in [0, 0.05) is 16.4 Å². The zero-order valence-corrected chi connectivity index (χ0v) is 17.1. The van der Waals surface area contributed by atoms with Gasteiger partial charge in [-0.1, -0.05) is 70.2 Å². The maximum absolute atomic E-state index is 12.3. The number of rotatable bonds is 5. The van der Waals surface area contributed by atoms with Gasteiger partial charge in [-0.05, 0) is 30.2 Å². The Balaban J connectivity index is 2.03. The third kappa shape index (κ3) is 4.44. The largest absolute Gasteiger partial charge is 0.462 e. The predicted molar refractivity (Wildman–Crippen MR) is 111 cm³/mol. The number of carbonyl (C=O) groups is 1. The molecule has 0 amide bonds. The first-order valence-electron chi connectivity index (χ1n) is 8.39. The predicted octanol–water partition coefficient (Wildman–Crippen LogP) is 5.29. The first kappa shape index (κ1) is 19.3. The van der Waals surface area contributed by atoms with Gasteiger partial charge in [0.2, 0.25) is 0 Å². The third-order valence-electron chi connectivity index (χ3n) is 3.95. The van der Waals surface area contributed by atoms with Crippen LogP contribution in [0.4, 0.5) is 0 Å². The molecule has 0 aromatic heterocycles. The lowest BCUT2D eigenvalue weighted by Crippen LogP contribution is -2.20. The topological polar surface area (TPSA) is 53.3 Å². The molecule has 0 saturated heterocycles. The minimum Gasteiger partial charge on any atom is -0.462 e. The average molecular weight is 441 g/mol. The Bertz CT molecular complexity index is 931. The maximum Gasteiger partial charge on any atom is 0.351 e. The van der Waals surface area contributed by atoms with E-state index >= 15 is 0 Å². The highest BCUT2D eigenvalue weighted by Gasteiger charge is 2.29. The summed E-state index contributed by atoms with van der Waals surface area (Å²) in [6.07, 6.45) is 0. The summed E-state index contributed by atoms with van der Waals surface area (Å²) >= 11 is 4.83. The van der Waals surface area contributed by atoms with Crippen LogP contribution in [-0.4, -0.2) is 17.5 Å². The average Bonchev–Trinajstić information content (AvgIpc) is 3.07. The van der Waals surface area contributed by atoms with Crippen LogP contribution in [0.25, 0.3) is 5.70 Å². The summed E-state index contributed by atoms with van der Waals surface area (Å²) in [7, 11) is 0. The zero-order valence-electron chi connectivity index (χ0n) is 14.7. The quantitative estimate of drug-likeness (QED) is 0.358. The third-order valence-corrected chi connectivity index (χ3v) is 5.46. The van der Waals surface area contributed by atoms with Crippen LogP contribution in [0.1, 0.15) is 18.1 Å². The Morgan fingerprint density at radius 2 is 1.89 bits per heavy atom. The molecule has 1 aliphatic rings. The van der Waals surface area contributed by atoms with Crippen LogP contribution in [0, 0.1) is 11.3 Å². The van der Waals surface area contributed by atoms with Crippen molar-refractivity contribution in [1.29, 1.82) is 5.26 Å². The van der Waals surface area contributed by atoms with Crippen LogP contribution >= 0.6 is 27.7 Å². The van der Waals surface area contributed by atoms with Gasteiger partial charge in [0.05, 0.1) is 12.3 Å². The Labute approximate surface area is 171 Å². The van der Waals surface area contributed by atoms with Crippen molar-refractivity contribution in [3.8, 4) is 6.07 Å². The molecule has 4 nitrogen and oxygen atoms in total. The van der Waals surface area contributed by atoms with E-state index in [4.69, 9.17) is 4.74 Å². The van der Waals surface area contributed by atoms with Crippen LogP contribution in [0.5, 0.6) is 0 Å². The number of halogens is 1. The molecule has 27 heavy (non-hydrogen) atoms. The van der Waals surface area contributed by atoms with Gasteiger partial charge in [0.15, 0.2) is 5.57 Å². The van der Waals surface area contributed by atoms with Crippen molar-refractivity contribution in [2.75, 3.05) is 6.61 Å². The smallest absolute Gasteiger partial charge is 0.351 e. The van der Waals surface area contributed by atoms with Crippen molar-refractivity contribution in [3.63, 3.8) is 0 Å². The second kappa shape index (κ2) is 8.94. The first-order valence-corrected chi connectivity index (χ1v) is 10.1. The summed E-state index contributed by atoms with van der Waals surface area (Å²) in [5.41, 5.74) is 3.07. The van der Waals surface area contributed by atoms with Crippen LogP contribution < -0.4 is 0 Å². The highest BCUT2D eigenvalue weighted by molar-refractivity contribution is 9.10. The second-order valence-corrected chi connectivity index (χ2v) is 7.49. The Morgan fingerprint density at radius 1 is 1.19 bits per heavy atom. The number of hydrogen-bond donors (Lipinski definition) is 0. The van der Waals surface area contributed by atoms with E-state index in [1.807, 2.05) is 71.0 Å². The molecule has 2 aromatic rings. The second-order valence-electron chi connectivity index (χ2n) is 5.71. The number of ether oxygens (including phenoxy) is 1. The molecule has 0 N–H and O–H groups in total. The number of benzene rings is 2. The number of hydrogen-bond acceptors (Lipinski definition) is 5. The van der Waals surface area contributed by atoms with Gasteiger partial charge in [-0.15, -0.1) is 0 Å². The SMILES string of the molecule is CCOC(=O)/C(C#N)=C1\SC=C(c2ccc(Br)cc2)N1Cc1ccccc1. The van der Waals surface area contributed by atoms with Crippen molar-refractivity contribution < 1.29 is 9.53 Å². The van der Waals surface area contributed by atoms with E-state index in [1.165, 1.54) is 11.8 Å².